The normalized spacial score (nSPS) is 11.7. The molecule has 1 atom stereocenters. The molecule has 2 aromatic rings. The molecule has 5 nitrogen and oxygen atoms in total. The van der Waals surface area contributed by atoms with Crippen molar-refractivity contribution in [1.82, 2.24) is 0 Å². The van der Waals surface area contributed by atoms with Crippen molar-refractivity contribution in [1.29, 1.82) is 0 Å². The zero-order valence-corrected chi connectivity index (χ0v) is 15.5. The van der Waals surface area contributed by atoms with Gasteiger partial charge in [0.1, 0.15) is 5.75 Å². The van der Waals surface area contributed by atoms with E-state index in [1.54, 1.807) is 38.5 Å². The van der Waals surface area contributed by atoms with E-state index in [1.807, 2.05) is 18.2 Å². The summed E-state index contributed by atoms with van der Waals surface area (Å²) in [5.41, 5.74) is 1.63. The van der Waals surface area contributed by atoms with Crippen LogP contribution in [-0.2, 0) is 11.2 Å². The van der Waals surface area contributed by atoms with Gasteiger partial charge in [-0.1, -0.05) is 31.5 Å². The lowest BCUT2D eigenvalue weighted by Crippen LogP contribution is -2.14. The maximum atomic E-state index is 11.8. The van der Waals surface area contributed by atoms with Gasteiger partial charge in [-0.25, -0.2) is 0 Å². The van der Waals surface area contributed by atoms with Crippen molar-refractivity contribution in [3.05, 3.63) is 53.6 Å². The van der Waals surface area contributed by atoms with E-state index >= 15 is 0 Å². The van der Waals surface area contributed by atoms with Gasteiger partial charge < -0.3 is 19.3 Å². The van der Waals surface area contributed by atoms with Gasteiger partial charge >= 0.3 is 5.97 Å². The SMILES string of the molecule is CCCCOc1cc(CC(C(=O)O)c2ccc(OC)cc2)ccc1OC. The number of ether oxygens (including phenoxy) is 3. The van der Waals surface area contributed by atoms with Crippen molar-refractivity contribution in [3.63, 3.8) is 0 Å². The third kappa shape index (κ3) is 5.15. The third-order valence-corrected chi connectivity index (χ3v) is 4.24. The predicted octanol–water partition coefficient (Wildman–Crippen LogP) is 4.29. The summed E-state index contributed by atoms with van der Waals surface area (Å²) in [6.45, 7) is 2.71. The first-order valence-electron chi connectivity index (χ1n) is 8.75. The third-order valence-electron chi connectivity index (χ3n) is 4.24. The maximum absolute atomic E-state index is 11.8. The number of unbranched alkanes of at least 4 members (excludes halogenated alkanes) is 1. The number of benzene rings is 2. The molecule has 0 radical (unpaired) electrons. The van der Waals surface area contributed by atoms with Gasteiger partial charge in [-0.3, -0.25) is 4.79 Å². The van der Waals surface area contributed by atoms with Crippen LogP contribution >= 0.6 is 0 Å². The number of aliphatic carboxylic acids is 1. The summed E-state index contributed by atoms with van der Waals surface area (Å²) in [7, 11) is 3.18. The fourth-order valence-corrected chi connectivity index (χ4v) is 2.71. The summed E-state index contributed by atoms with van der Waals surface area (Å²) in [6, 6.07) is 12.7. The van der Waals surface area contributed by atoms with Gasteiger partial charge in [0.2, 0.25) is 0 Å². The molecule has 0 saturated heterocycles. The molecule has 26 heavy (non-hydrogen) atoms. The summed E-state index contributed by atoms with van der Waals surface area (Å²) < 4.78 is 16.3. The van der Waals surface area contributed by atoms with E-state index in [9.17, 15) is 9.90 Å². The Morgan fingerprint density at radius 2 is 1.77 bits per heavy atom. The smallest absolute Gasteiger partial charge is 0.311 e. The standard InChI is InChI=1S/C21H26O5/c1-4-5-12-26-20-14-15(6-11-19(20)25-3)13-18(21(22)23)16-7-9-17(24-2)10-8-16/h6-11,14,18H,4-5,12-13H2,1-3H3,(H,22,23). The van der Waals surface area contributed by atoms with Gasteiger partial charge in [0, 0.05) is 0 Å². The molecule has 1 unspecified atom stereocenters. The quantitative estimate of drug-likeness (QED) is 0.642. The van der Waals surface area contributed by atoms with Crippen LogP contribution in [0.5, 0.6) is 17.2 Å². The Labute approximate surface area is 154 Å². The Hall–Kier alpha value is -2.69. The molecule has 0 aliphatic rings. The van der Waals surface area contributed by atoms with Crippen molar-refractivity contribution in [3.8, 4) is 17.2 Å². The lowest BCUT2D eigenvalue weighted by atomic mass is 9.92. The van der Waals surface area contributed by atoms with E-state index in [0.717, 1.165) is 24.0 Å². The van der Waals surface area contributed by atoms with Crippen LogP contribution < -0.4 is 14.2 Å². The Morgan fingerprint density at radius 3 is 2.35 bits per heavy atom. The molecular formula is C21H26O5. The average molecular weight is 358 g/mol. The highest BCUT2D eigenvalue weighted by atomic mass is 16.5. The van der Waals surface area contributed by atoms with Gasteiger partial charge in [-0.05, 0) is 48.2 Å². The van der Waals surface area contributed by atoms with Crippen LogP contribution in [0.25, 0.3) is 0 Å². The van der Waals surface area contributed by atoms with E-state index in [4.69, 9.17) is 14.2 Å². The van der Waals surface area contributed by atoms with E-state index in [1.165, 1.54) is 0 Å². The highest BCUT2D eigenvalue weighted by Gasteiger charge is 2.21. The zero-order valence-electron chi connectivity index (χ0n) is 15.5. The predicted molar refractivity (Wildman–Crippen MR) is 100 cm³/mol. The molecule has 140 valence electrons. The molecular weight excluding hydrogens is 332 g/mol. The molecule has 0 heterocycles. The molecule has 0 saturated carbocycles. The van der Waals surface area contributed by atoms with E-state index in [-0.39, 0.29) is 0 Å². The first-order chi connectivity index (χ1) is 12.6. The lowest BCUT2D eigenvalue weighted by Gasteiger charge is -2.16. The van der Waals surface area contributed by atoms with Gasteiger partial charge in [-0.2, -0.15) is 0 Å². The molecule has 1 N–H and O–H groups in total. The number of hydrogen-bond acceptors (Lipinski definition) is 4. The number of carbonyl (C=O) groups is 1. The number of methoxy groups -OCH3 is 2. The van der Waals surface area contributed by atoms with Crippen LogP contribution in [0.1, 0.15) is 36.8 Å². The highest BCUT2D eigenvalue weighted by molar-refractivity contribution is 5.76. The number of hydrogen-bond donors (Lipinski definition) is 1. The molecule has 0 bridgehead atoms. The summed E-state index contributed by atoms with van der Waals surface area (Å²) in [5.74, 6) is 0.504. The van der Waals surface area contributed by atoms with Crippen LogP contribution in [0.15, 0.2) is 42.5 Å². The molecule has 0 amide bonds. The van der Waals surface area contributed by atoms with Crippen molar-refractivity contribution in [2.45, 2.75) is 32.1 Å². The van der Waals surface area contributed by atoms with Crippen LogP contribution in [0, 0.1) is 0 Å². The largest absolute Gasteiger partial charge is 0.497 e. The van der Waals surface area contributed by atoms with Gasteiger partial charge in [-0.15, -0.1) is 0 Å². The summed E-state index contributed by atoms with van der Waals surface area (Å²) in [5, 5.41) is 9.67. The fraction of sp³-hybridized carbons (Fsp3) is 0.381. The second-order valence-corrected chi connectivity index (χ2v) is 6.06. The molecule has 0 aromatic heterocycles. The highest BCUT2D eigenvalue weighted by Crippen LogP contribution is 2.31. The first-order valence-corrected chi connectivity index (χ1v) is 8.75. The Kier molecular flexibility index (Phi) is 7.33. The summed E-state index contributed by atoms with van der Waals surface area (Å²) >= 11 is 0. The molecule has 0 spiro atoms. The van der Waals surface area contributed by atoms with Gasteiger partial charge in [0.15, 0.2) is 11.5 Å². The lowest BCUT2D eigenvalue weighted by molar-refractivity contribution is -0.138. The van der Waals surface area contributed by atoms with E-state index < -0.39 is 11.9 Å². The Morgan fingerprint density at radius 1 is 1.04 bits per heavy atom. The second kappa shape index (κ2) is 9.70. The monoisotopic (exact) mass is 358 g/mol. The van der Waals surface area contributed by atoms with Crippen molar-refractivity contribution >= 4 is 5.97 Å². The topological polar surface area (TPSA) is 65.0 Å². The molecule has 2 rings (SSSR count). The van der Waals surface area contributed by atoms with Crippen LogP contribution in [0.3, 0.4) is 0 Å². The zero-order chi connectivity index (χ0) is 18.9. The minimum Gasteiger partial charge on any atom is -0.497 e. The van der Waals surface area contributed by atoms with Gasteiger partial charge in [0.25, 0.3) is 0 Å². The number of rotatable bonds is 10. The fourth-order valence-electron chi connectivity index (χ4n) is 2.71. The van der Waals surface area contributed by atoms with Crippen molar-refractivity contribution in [2.24, 2.45) is 0 Å². The van der Waals surface area contributed by atoms with Gasteiger partial charge in [0.05, 0.1) is 26.7 Å². The molecule has 0 aliphatic heterocycles. The molecule has 0 aliphatic carbocycles. The molecule has 2 aromatic carbocycles. The minimum absolute atomic E-state index is 0.371. The minimum atomic E-state index is -0.862. The number of carboxylic acids is 1. The first kappa shape index (κ1) is 19.6. The van der Waals surface area contributed by atoms with Crippen LogP contribution in [0.2, 0.25) is 0 Å². The van der Waals surface area contributed by atoms with Crippen molar-refractivity contribution < 1.29 is 24.1 Å². The van der Waals surface area contributed by atoms with Crippen LogP contribution in [0.4, 0.5) is 0 Å². The maximum Gasteiger partial charge on any atom is 0.311 e. The van der Waals surface area contributed by atoms with E-state index in [2.05, 4.69) is 6.92 Å². The van der Waals surface area contributed by atoms with E-state index in [0.29, 0.717) is 30.3 Å². The van der Waals surface area contributed by atoms with Crippen LogP contribution in [-0.4, -0.2) is 31.9 Å². The number of carboxylic acid groups (broad SMARTS) is 1. The average Bonchev–Trinajstić information content (AvgIpc) is 2.66. The summed E-state index contributed by atoms with van der Waals surface area (Å²) in [6.07, 6.45) is 2.37. The second-order valence-electron chi connectivity index (χ2n) is 6.06. The molecule has 0 fully saturated rings. The Bertz CT molecular complexity index is 709. The Balaban J connectivity index is 2.21. The molecule has 5 heteroatoms. The van der Waals surface area contributed by atoms with Crippen molar-refractivity contribution in [2.75, 3.05) is 20.8 Å². The summed E-state index contributed by atoms with van der Waals surface area (Å²) in [4.78, 5) is 11.8.